The molecule has 1 fully saturated rings. The van der Waals surface area contributed by atoms with E-state index in [-0.39, 0.29) is 10.6 Å². The molecule has 98 valence electrons. The van der Waals surface area contributed by atoms with E-state index < -0.39 is 5.97 Å². The van der Waals surface area contributed by atoms with E-state index in [9.17, 15) is 4.79 Å². The SMILES string of the molecule is CC(C)C1(CNc2cc(C(=O)O)c(Cl)cn2)CC1. The zero-order chi connectivity index (χ0) is 13.3. The van der Waals surface area contributed by atoms with Crippen molar-refractivity contribution >= 4 is 23.4 Å². The summed E-state index contributed by atoms with van der Waals surface area (Å²) < 4.78 is 0. The van der Waals surface area contributed by atoms with Crippen LogP contribution in [0.15, 0.2) is 12.3 Å². The zero-order valence-electron chi connectivity index (χ0n) is 10.5. The molecule has 1 heterocycles. The van der Waals surface area contributed by atoms with Gasteiger partial charge in [0.2, 0.25) is 0 Å². The summed E-state index contributed by atoms with van der Waals surface area (Å²) in [5.74, 6) is 0.162. The summed E-state index contributed by atoms with van der Waals surface area (Å²) in [6.07, 6.45) is 3.82. The number of hydrogen-bond acceptors (Lipinski definition) is 3. The van der Waals surface area contributed by atoms with Crippen LogP contribution in [0.4, 0.5) is 5.82 Å². The summed E-state index contributed by atoms with van der Waals surface area (Å²) in [5.41, 5.74) is 0.439. The molecule has 0 aromatic carbocycles. The Bertz CT molecular complexity index is 470. The zero-order valence-corrected chi connectivity index (χ0v) is 11.3. The van der Waals surface area contributed by atoms with Crippen LogP contribution >= 0.6 is 11.6 Å². The summed E-state index contributed by atoms with van der Waals surface area (Å²) in [5, 5.41) is 12.4. The minimum Gasteiger partial charge on any atom is -0.478 e. The lowest BCUT2D eigenvalue weighted by Gasteiger charge is -2.20. The molecule has 18 heavy (non-hydrogen) atoms. The Morgan fingerprint density at radius 3 is 2.78 bits per heavy atom. The molecule has 0 amide bonds. The van der Waals surface area contributed by atoms with Crippen molar-refractivity contribution in [2.75, 3.05) is 11.9 Å². The van der Waals surface area contributed by atoms with Crippen molar-refractivity contribution in [2.45, 2.75) is 26.7 Å². The second-order valence-corrected chi connectivity index (χ2v) is 5.63. The maximum Gasteiger partial charge on any atom is 0.337 e. The first-order valence-electron chi connectivity index (χ1n) is 6.07. The maximum atomic E-state index is 11.0. The topological polar surface area (TPSA) is 62.2 Å². The Morgan fingerprint density at radius 2 is 2.28 bits per heavy atom. The number of rotatable bonds is 5. The highest BCUT2D eigenvalue weighted by atomic mass is 35.5. The molecule has 1 aromatic heterocycles. The van der Waals surface area contributed by atoms with Crippen LogP contribution in [0.2, 0.25) is 5.02 Å². The predicted octanol–water partition coefficient (Wildman–Crippen LogP) is 3.28. The highest BCUT2D eigenvalue weighted by Gasteiger charge is 2.44. The molecule has 0 bridgehead atoms. The van der Waals surface area contributed by atoms with Crippen LogP contribution in [0.1, 0.15) is 37.0 Å². The average Bonchev–Trinajstić information content (AvgIpc) is 3.08. The normalized spacial score (nSPS) is 16.7. The predicted molar refractivity (Wildman–Crippen MR) is 71.2 cm³/mol. The fourth-order valence-electron chi connectivity index (χ4n) is 2.08. The molecule has 0 aliphatic heterocycles. The first-order chi connectivity index (χ1) is 8.44. The first kappa shape index (κ1) is 13.1. The third-order valence-electron chi connectivity index (χ3n) is 3.82. The molecule has 4 nitrogen and oxygen atoms in total. The van der Waals surface area contributed by atoms with Crippen LogP contribution in [0, 0.1) is 11.3 Å². The van der Waals surface area contributed by atoms with Gasteiger partial charge < -0.3 is 10.4 Å². The lowest BCUT2D eigenvalue weighted by molar-refractivity contribution is 0.0697. The lowest BCUT2D eigenvalue weighted by atomic mass is 9.92. The van der Waals surface area contributed by atoms with E-state index in [0.717, 1.165) is 6.54 Å². The summed E-state index contributed by atoms with van der Waals surface area (Å²) in [6, 6.07) is 1.49. The fraction of sp³-hybridized carbons (Fsp3) is 0.538. The molecule has 0 saturated heterocycles. The third kappa shape index (κ3) is 2.58. The second-order valence-electron chi connectivity index (χ2n) is 5.23. The number of anilines is 1. The number of aromatic nitrogens is 1. The minimum atomic E-state index is -1.03. The fourth-order valence-corrected chi connectivity index (χ4v) is 2.27. The van der Waals surface area contributed by atoms with Crippen LogP contribution in [0.25, 0.3) is 0 Å². The number of nitrogens with one attached hydrogen (secondary N) is 1. The molecular formula is C13H17ClN2O2. The molecule has 2 N–H and O–H groups in total. The Kier molecular flexibility index (Phi) is 3.48. The Morgan fingerprint density at radius 1 is 1.61 bits per heavy atom. The van der Waals surface area contributed by atoms with Gasteiger partial charge in [-0.15, -0.1) is 0 Å². The highest BCUT2D eigenvalue weighted by molar-refractivity contribution is 6.33. The van der Waals surface area contributed by atoms with Gasteiger partial charge in [-0.2, -0.15) is 0 Å². The Hall–Kier alpha value is -1.29. The van der Waals surface area contributed by atoms with E-state index in [1.54, 1.807) is 0 Å². The number of halogens is 1. The van der Waals surface area contributed by atoms with E-state index in [4.69, 9.17) is 16.7 Å². The van der Waals surface area contributed by atoms with Gasteiger partial charge in [-0.3, -0.25) is 0 Å². The molecule has 2 rings (SSSR count). The molecule has 0 radical (unpaired) electrons. The Labute approximate surface area is 111 Å². The van der Waals surface area contributed by atoms with Crippen molar-refractivity contribution in [1.82, 2.24) is 4.98 Å². The van der Waals surface area contributed by atoms with E-state index in [0.29, 0.717) is 17.2 Å². The number of pyridine rings is 1. The molecular weight excluding hydrogens is 252 g/mol. The lowest BCUT2D eigenvalue weighted by Crippen LogP contribution is -2.21. The van der Waals surface area contributed by atoms with Gasteiger partial charge in [0.05, 0.1) is 10.6 Å². The number of carboxylic acid groups (broad SMARTS) is 1. The number of aromatic carboxylic acids is 1. The van der Waals surface area contributed by atoms with Crippen molar-refractivity contribution in [3.63, 3.8) is 0 Å². The number of nitrogens with zero attached hydrogens (tertiary/aromatic N) is 1. The van der Waals surface area contributed by atoms with Gasteiger partial charge in [-0.05, 0) is 30.2 Å². The Balaban J connectivity index is 2.06. The summed E-state index contributed by atoms with van der Waals surface area (Å²) in [4.78, 5) is 15.1. The quantitative estimate of drug-likeness (QED) is 0.860. The first-order valence-corrected chi connectivity index (χ1v) is 6.45. The summed E-state index contributed by atoms with van der Waals surface area (Å²) in [6.45, 7) is 5.26. The van der Waals surface area contributed by atoms with Gasteiger partial charge in [-0.1, -0.05) is 25.4 Å². The van der Waals surface area contributed by atoms with Crippen LogP contribution in [-0.4, -0.2) is 22.6 Å². The molecule has 0 atom stereocenters. The van der Waals surface area contributed by atoms with E-state index in [1.165, 1.54) is 25.1 Å². The summed E-state index contributed by atoms with van der Waals surface area (Å²) in [7, 11) is 0. The largest absolute Gasteiger partial charge is 0.478 e. The van der Waals surface area contributed by atoms with Gasteiger partial charge in [0.25, 0.3) is 0 Å². The average molecular weight is 269 g/mol. The van der Waals surface area contributed by atoms with Crippen molar-refractivity contribution in [1.29, 1.82) is 0 Å². The molecule has 0 unspecified atom stereocenters. The van der Waals surface area contributed by atoms with Crippen molar-refractivity contribution in [2.24, 2.45) is 11.3 Å². The van der Waals surface area contributed by atoms with E-state index >= 15 is 0 Å². The summed E-state index contributed by atoms with van der Waals surface area (Å²) >= 11 is 5.77. The maximum absolute atomic E-state index is 11.0. The molecule has 1 saturated carbocycles. The van der Waals surface area contributed by atoms with Crippen LogP contribution in [-0.2, 0) is 0 Å². The highest BCUT2D eigenvalue weighted by Crippen LogP contribution is 2.51. The second kappa shape index (κ2) is 4.76. The number of hydrogen-bond donors (Lipinski definition) is 2. The molecule has 5 heteroatoms. The van der Waals surface area contributed by atoms with E-state index in [1.807, 2.05) is 0 Å². The van der Waals surface area contributed by atoms with Gasteiger partial charge in [0.1, 0.15) is 5.82 Å². The smallest absolute Gasteiger partial charge is 0.337 e. The molecule has 0 spiro atoms. The van der Waals surface area contributed by atoms with Gasteiger partial charge in [-0.25, -0.2) is 9.78 Å². The van der Waals surface area contributed by atoms with Crippen molar-refractivity contribution in [3.05, 3.63) is 22.8 Å². The monoisotopic (exact) mass is 268 g/mol. The van der Waals surface area contributed by atoms with Crippen molar-refractivity contribution < 1.29 is 9.90 Å². The van der Waals surface area contributed by atoms with Gasteiger partial charge in [0, 0.05) is 12.7 Å². The minimum absolute atomic E-state index is 0.0866. The van der Waals surface area contributed by atoms with Gasteiger partial charge in [0.15, 0.2) is 0 Å². The van der Waals surface area contributed by atoms with Gasteiger partial charge >= 0.3 is 5.97 Å². The molecule has 1 aliphatic carbocycles. The van der Waals surface area contributed by atoms with E-state index in [2.05, 4.69) is 24.1 Å². The van der Waals surface area contributed by atoms with Crippen LogP contribution in [0.3, 0.4) is 0 Å². The van der Waals surface area contributed by atoms with Crippen molar-refractivity contribution in [3.8, 4) is 0 Å². The molecule has 1 aliphatic rings. The number of carboxylic acids is 1. The number of carbonyl (C=O) groups is 1. The third-order valence-corrected chi connectivity index (χ3v) is 4.13. The molecule has 1 aromatic rings. The van der Waals surface area contributed by atoms with Crippen LogP contribution in [0.5, 0.6) is 0 Å². The van der Waals surface area contributed by atoms with Crippen LogP contribution < -0.4 is 5.32 Å². The standard InChI is InChI=1S/C13H17ClN2O2/c1-8(2)13(3-4-13)7-16-11-5-9(12(17)18)10(14)6-15-11/h5-6,8H,3-4,7H2,1-2H3,(H,15,16)(H,17,18).